The maximum Gasteiger partial charge on any atom is 0.417 e. The molecule has 0 aliphatic heterocycles. The number of carbonyl (C=O) groups is 1. The molecule has 142 valence electrons. The van der Waals surface area contributed by atoms with E-state index in [4.69, 9.17) is 20.9 Å². The molecule has 0 aliphatic rings. The van der Waals surface area contributed by atoms with E-state index < -0.39 is 29.5 Å². The predicted molar refractivity (Wildman–Crippen MR) is 87.5 cm³/mol. The molecule has 1 amide bonds. The molecule has 1 heterocycles. The Labute approximate surface area is 152 Å². The molecule has 26 heavy (non-hydrogen) atoms. The van der Waals surface area contributed by atoms with Gasteiger partial charge in [-0.3, -0.25) is 0 Å². The molecule has 2 rings (SSSR count). The Hall–Kier alpha value is -2.29. The molecule has 1 aromatic heterocycles. The van der Waals surface area contributed by atoms with Gasteiger partial charge in [0.15, 0.2) is 0 Å². The van der Waals surface area contributed by atoms with E-state index in [1.54, 1.807) is 20.8 Å². The van der Waals surface area contributed by atoms with Crippen LogP contribution in [0.15, 0.2) is 22.7 Å². The number of hydrogen-bond donors (Lipinski definition) is 1. The number of benzene rings is 1. The number of nitrogens with zero attached hydrogens (tertiary/aromatic N) is 2. The van der Waals surface area contributed by atoms with E-state index in [2.05, 4.69) is 15.5 Å². The highest BCUT2D eigenvalue weighted by Crippen LogP contribution is 2.37. The van der Waals surface area contributed by atoms with Crippen LogP contribution in [0.2, 0.25) is 5.02 Å². The largest absolute Gasteiger partial charge is 0.444 e. The molecular weight excluding hydrogens is 375 g/mol. The lowest BCUT2D eigenvalue weighted by molar-refractivity contribution is -0.137. The lowest BCUT2D eigenvalue weighted by Crippen LogP contribution is -2.34. The monoisotopic (exact) mass is 391 g/mol. The van der Waals surface area contributed by atoms with Gasteiger partial charge < -0.3 is 14.6 Å². The number of nitrogens with one attached hydrogen (secondary N) is 1. The summed E-state index contributed by atoms with van der Waals surface area (Å²) in [6.07, 6.45) is -5.35. The lowest BCUT2D eigenvalue weighted by Gasteiger charge is -2.20. The smallest absolute Gasteiger partial charge is 0.417 e. The standard InChI is InChI=1S/C16H17ClF3N3O3/c1-8(21-14(24)25-15(2,3)4)13-22-12(23-26-13)10-6-5-9(17)7-11(10)16(18,19)20/h5-8H,1-4H3,(H,21,24)/t8-/m0/s1. The van der Waals surface area contributed by atoms with Crippen LogP contribution in [0.1, 0.15) is 45.2 Å². The van der Waals surface area contributed by atoms with Gasteiger partial charge in [-0.1, -0.05) is 16.8 Å². The van der Waals surface area contributed by atoms with Gasteiger partial charge in [-0.05, 0) is 45.9 Å². The highest BCUT2D eigenvalue weighted by molar-refractivity contribution is 6.30. The number of alkyl carbamates (subject to hydrolysis) is 1. The molecule has 0 radical (unpaired) electrons. The minimum absolute atomic E-state index is 0.0612. The predicted octanol–water partition coefficient (Wildman–Crippen LogP) is 4.99. The first-order valence-corrected chi connectivity index (χ1v) is 7.95. The molecule has 1 aromatic carbocycles. The highest BCUT2D eigenvalue weighted by Gasteiger charge is 2.35. The van der Waals surface area contributed by atoms with Crippen LogP contribution in [0.4, 0.5) is 18.0 Å². The van der Waals surface area contributed by atoms with Crippen molar-refractivity contribution in [3.8, 4) is 11.4 Å². The summed E-state index contributed by atoms with van der Waals surface area (Å²) in [4.78, 5) is 15.7. The summed E-state index contributed by atoms with van der Waals surface area (Å²) < 4.78 is 49.6. The van der Waals surface area contributed by atoms with Gasteiger partial charge in [0.1, 0.15) is 11.6 Å². The summed E-state index contributed by atoms with van der Waals surface area (Å²) >= 11 is 5.65. The van der Waals surface area contributed by atoms with Crippen molar-refractivity contribution in [1.29, 1.82) is 0 Å². The quantitative estimate of drug-likeness (QED) is 0.797. The number of amides is 1. The van der Waals surface area contributed by atoms with Gasteiger partial charge in [-0.15, -0.1) is 0 Å². The number of ether oxygens (including phenoxy) is 1. The van der Waals surface area contributed by atoms with Crippen LogP contribution in [0.5, 0.6) is 0 Å². The Morgan fingerprint density at radius 2 is 1.96 bits per heavy atom. The Bertz CT molecular complexity index is 800. The third-order valence-corrected chi connectivity index (χ3v) is 3.31. The summed E-state index contributed by atoms with van der Waals surface area (Å²) in [5, 5.41) is 5.98. The van der Waals surface area contributed by atoms with Gasteiger partial charge in [0.25, 0.3) is 0 Å². The van der Waals surface area contributed by atoms with E-state index in [9.17, 15) is 18.0 Å². The fourth-order valence-electron chi connectivity index (χ4n) is 2.01. The molecule has 0 spiro atoms. The molecular formula is C16H17ClF3N3O3. The second kappa shape index (κ2) is 7.14. The maximum absolute atomic E-state index is 13.2. The highest BCUT2D eigenvalue weighted by atomic mass is 35.5. The van der Waals surface area contributed by atoms with Crippen LogP contribution in [0.25, 0.3) is 11.4 Å². The first kappa shape index (κ1) is 20.0. The summed E-state index contributed by atoms with van der Waals surface area (Å²) in [6, 6.07) is 2.48. The maximum atomic E-state index is 13.2. The van der Waals surface area contributed by atoms with Crippen molar-refractivity contribution >= 4 is 17.7 Å². The summed E-state index contributed by atoms with van der Waals surface area (Å²) in [5.74, 6) is -0.323. The minimum atomic E-state index is -4.64. The van der Waals surface area contributed by atoms with E-state index in [1.807, 2.05) is 0 Å². The van der Waals surface area contributed by atoms with Crippen LogP contribution in [0.3, 0.4) is 0 Å². The second-order valence-corrected chi connectivity index (χ2v) is 6.95. The van der Waals surface area contributed by atoms with E-state index in [-0.39, 0.29) is 22.3 Å². The van der Waals surface area contributed by atoms with Crippen molar-refractivity contribution in [3.63, 3.8) is 0 Å². The van der Waals surface area contributed by atoms with Crippen LogP contribution in [-0.4, -0.2) is 21.8 Å². The molecule has 0 saturated carbocycles. The Morgan fingerprint density at radius 1 is 1.31 bits per heavy atom. The average molecular weight is 392 g/mol. The van der Waals surface area contributed by atoms with E-state index >= 15 is 0 Å². The van der Waals surface area contributed by atoms with E-state index in [1.165, 1.54) is 13.0 Å². The van der Waals surface area contributed by atoms with E-state index in [0.29, 0.717) is 0 Å². The van der Waals surface area contributed by atoms with Gasteiger partial charge in [-0.25, -0.2) is 4.79 Å². The molecule has 0 fully saturated rings. The first-order chi connectivity index (χ1) is 11.9. The van der Waals surface area contributed by atoms with Crippen molar-refractivity contribution in [3.05, 3.63) is 34.7 Å². The second-order valence-electron chi connectivity index (χ2n) is 6.51. The number of halogens is 4. The van der Waals surface area contributed by atoms with Gasteiger partial charge >= 0.3 is 12.3 Å². The average Bonchev–Trinajstić information content (AvgIpc) is 2.93. The number of aromatic nitrogens is 2. The van der Waals surface area contributed by atoms with Gasteiger partial charge in [0, 0.05) is 10.6 Å². The van der Waals surface area contributed by atoms with Gasteiger partial charge in [0.05, 0.1) is 5.56 Å². The molecule has 10 heteroatoms. The van der Waals surface area contributed by atoms with Crippen LogP contribution < -0.4 is 5.32 Å². The van der Waals surface area contributed by atoms with Crippen molar-refractivity contribution < 1.29 is 27.2 Å². The van der Waals surface area contributed by atoms with Crippen LogP contribution in [0, 0.1) is 0 Å². The normalized spacial score (nSPS) is 13.4. The fraction of sp³-hybridized carbons (Fsp3) is 0.438. The zero-order valence-corrected chi connectivity index (χ0v) is 15.2. The first-order valence-electron chi connectivity index (χ1n) is 7.57. The molecule has 0 saturated heterocycles. The molecule has 0 unspecified atom stereocenters. The molecule has 0 aliphatic carbocycles. The zero-order valence-electron chi connectivity index (χ0n) is 14.4. The topological polar surface area (TPSA) is 77.2 Å². The molecule has 1 N–H and O–H groups in total. The lowest BCUT2D eigenvalue weighted by atomic mass is 10.1. The van der Waals surface area contributed by atoms with Crippen molar-refractivity contribution in [1.82, 2.24) is 15.5 Å². The number of hydrogen-bond acceptors (Lipinski definition) is 5. The zero-order chi connectivity index (χ0) is 19.7. The number of carbonyl (C=O) groups excluding carboxylic acids is 1. The van der Waals surface area contributed by atoms with Crippen molar-refractivity contribution in [2.24, 2.45) is 0 Å². The Kier molecular flexibility index (Phi) is 5.50. The van der Waals surface area contributed by atoms with Crippen LogP contribution in [-0.2, 0) is 10.9 Å². The van der Waals surface area contributed by atoms with E-state index in [0.717, 1.165) is 12.1 Å². The number of rotatable bonds is 3. The summed E-state index contributed by atoms with van der Waals surface area (Å²) in [7, 11) is 0. The Balaban J connectivity index is 2.24. The van der Waals surface area contributed by atoms with Crippen molar-refractivity contribution in [2.75, 3.05) is 0 Å². The number of alkyl halides is 3. The summed E-state index contributed by atoms with van der Waals surface area (Å²) in [6.45, 7) is 6.62. The minimum Gasteiger partial charge on any atom is -0.444 e. The van der Waals surface area contributed by atoms with Crippen LogP contribution >= 0.6 is 11.6 Å². The molecule has 2 aromatic rings. The fourth-order valence-corrected chi connectivity index (χ4v) is 2.18. The van der Waals surface area contributed by atoms with Gasteiger partial charge in [0.2, 0.25) is 11.7 Å². The molecule has 0 bridgehead atoms. The van der Waals surface area contributed by atoms with Gasteiger partial charge in [-0.2, -0.15) is 18.2 Å². The Morgan fingerprint density at radius 3 is 2.54 bits per heavy atom. The molecule has 6 nitrogen and oxygen atoms in total. The summed E-state index contributed by atoms with van der Waals surface area (Å²) in [5.41, 5.74) is -1.96. The van der Waals surface area contributed by atoms with Crippen molar-refractivity contribution in [2.45, 2.75) is 45.5 Å². The third-order valence-electron chi connectivity index (χ3n) is 3.07. The SMILES string of the molecule is C[C@H](NC(=O)OC(C)(C)C)c1nc(-c2ccc(Cl)cc2C(F)(F)F)no1. The molecule has 1 atom stereocenters. The third kappa shape index (κ3) is 5.10.